The van der Waals surface area contributed by atoms with Crippen LogP contribution < -0.4 is 0 Å². The van der Waals surface area contributed by atoms with Crippen molar-refractivity contribution >= 4 is 28.4 Å². The second-order valence-corrected chi connectivity index (χ2v) is 4.84. The van der Waals surface area contributed by atoms with Gasteiger partial charge in [-0.1, -0.05) is 60.1 Å². The number of carbonyl (C=O) groups excluding carboxylic acids is 1. The molecule has 0 bridgehead atoms. The normalized spacial score (nSPS) is 12.1. The van der Waals surface area contributed by atoms with Crippen LogP contribution in [-0.2, 0) is 11.2 Å². The van der Waals surface area contributed by atoms with Crippen molar-refractivity contribution in [1.29, 1.82) is 0 Å². The van der Waals surface area contributed by atoms with Crippen molar-refractivity contribution in [3.05, 3.63) is 70.7 Å². The van der Waals surface area contributed by atoms with Crippen LogP contribution in [0, 0.1) is 0 Å². The number of benzene rings is 2. The molecule has 0 amide bonds. The number of halogens is 2. The molecule has 0 fully saturated rings. The molecule has 1 unspecified atom stereocenters. The van der Waals surface area contributed by atoms with Crippen LogP contribution in [0.1, 0.15) is 17.0 Å². The van der Waals surface area contributed by atoms with E-state index in [0.29, 0.717) is 11.4 Å². The molecular weight excluding hydrogens is 267 g/mol. The molecule has 0 saturated heterocycles. The zero-order valence-electron chi connectivity index (χ0n) is 9.64. The summed E-state index contributed by atoms with van der Waals surface area (Å²) in [5, 5.41) is 0.303. The summed E-state index contributed by atoms with van der Waals surface area (Å²) >= 11 is 11.8. The Bertz CT molecular complexity index is 537. The average Bonchev–Trinajstić information content (AvgIpc) is 2.38. The van der Waals surface area contributed by atoms with Crippen molar-refractivity contribution in [2.24, 2.45) is 0 Å². The molecule has 2 aromatic rings. The monoisotopic (exact) mass is 278 g/mol. The SMILES string of the molecule is O=C(Cl)C(Cc1ccccc1Cl)c1ccccc1. The van der Waals surface area contributed by atoms with Gasteiger partial charge in [0.2, 0.25) is 5.24 Å². The van der Waals surface area contributed by atoms with Crippen LogP contribution in [0.5, 0.6) is 0 Å². The minimum absolute atomic E-state index is 0.354. The molecule has 2 aromatic carbocycles. The van der Waals surface area contributed by atoms with E-state index in [1.54, 1.807) is 0 Å². The predicted molar refractivity (Wildman–Crippen MR) is 75.2 cm³/mol. The molecule has 0 aliphatic rings. The van der Waals surface area contributed by atoms with Gasteiger partial charge < -0.3 is 0 Å². The van der Waals surface area contributed by atoms with Gasteiger partial charge in [0.05, 0.1) is 5.92 Å². The Kier molecular flexibility index (Phi) is 4.40. The second-order valence-electron chi connectivity index (χ2n) is 4.06. The van der Waals surface area contributed by atoms with E-state index < -0.39 is 0 Å². The molecule has 0 radical (unpaired) electrons. The van der Waals surface area contributed by atoms with Crippen molar-refractivity contribution in [2.75, 3.05) is 0 Å². The van der Waals surface area contributed by atoms with Crippen LogP contribution in [0.4, 0.5) is 0 Å². The Labute approximate surface area is 116 Å². The van der Waals surface area contributed by atoms with Crippen LogP contribution in [-0.4, -0.2) is 5.24 Å². The van der Waals surface area contributed by atoms with E-state index >= 15 is 0 Å². The van der Waals surface area contributed by atoms with Crippen LogP contribution in [0.3, 0.4) is 0 Å². The van der Waals surface area contributed by atoms with Crippen LogP contribution >= 0.6 is 23.2 Å². The van der Waals surface area contributed by atoms with Gasteiger partial charge in [-0.05, 0) is 35.2 Å². The Hall–Kier alpha value is -1.31. The molecule has 0 heterocycles. The predicted octanol–water partition coefficient (Wildman–Crippen LogP) is 4.43. The van der Waals surface area contributed by atoms with Crippen molar-refractivity contribution in [3.63, 3.8) is 0 Å². The van der Waals surface area contributed by atoms with E-state index in [1.165, 1.54) is 0 Å². The number of rotatable bonds is 4. The molecule has 1 nitrogen and oxygen atoms in total. The maximum atomic E-state index is 11.6. The molecular formula is C15H12Cl2O. The minimum atomic E-state index is -0.360. The van der Waals surface area contributed by atoms with E-state index in [1.807, 2.05) is 54.6 Å². The fourth-order valence-electron chi connectivity index (χ4n) is 1.90. The maximum absolute atomic E-state index is 11.6. The van der Waals surface area contributed by atoms with Gasteiger partial charge in [0.15, 0.2) is 0 Å². The highest BCUT2D eigenvalue weighted by atomic mass is 35.5. The van der Waals surface area contributed by atoms with Gasteiger partial charge in [0, 0.05) is 5.02 Å². The highest BCUT2D eigenvalue weighted by molar-refractivity contribution is 6.64. The fourth-order valence-corrected chi connectivity index (χ4v) is 2.31. The Balaban J connectivity index is 2.28. The number of hydrogen-bond donors (Lipinski definition) is 0. The van der Waals surface area contributed by atoms with Crippen LogP contribution in [0.15, 0.2) is 54.6 Å². The van der Waals surface area contributed by atoms with E-state index in [4.69, 9.17) is 23.2 Å². The van der Waals surface area contributed by atoms with Crippen molar-refractivity contribution in [3.8, 4) is 0 Å². The Morgan fingerprint density at radius 3 is 2.22 bits per heavy atom. The molecule has 2 rings (SSSR count). The topological polar surface area (TPSA) is 17.1 Å². The van der Waals surface area contributed by atoms with Crippen LogP contribution in [0.2, 0.25) is 5.02 Å². The van der Waals surface area contributed by atoms with E-state index in [-0.39, 0.29) is 11.2 Å². The summed E-state index contributed by atoms with van der Waals surface area (Å²) < 4.78 is 0. The second kappa shape index (κ2) is 6.03. The van der Waals surface area contributed by atoms with E-state index in [9.17, 15) is 4.79 Å². The third-order valence-corrected chi connectivity index (χ3v) is 3.49. The first-order valence-corrected chi connectivity index (χ1v) is 6.42. The zero-order valence-corrected chi connectivity index (χ0v) is 11.2. The first-order valence-electron chi connectivity index (χ1n) is 5.66. The van der Waals surface area contributed by atoms with Crippen molar-refractivity contribution in [1.82, 2.24) is 0 Å². The first-order chi connectivity index (χ1) is 8.68. The molecule has 0 aromatic heterocycles. The summed E-state index contributed by atoms with van der Waals surface area (Å²) in [6.07, 6.45) is 0.520. The summed E-state index contributed by atoms with van der Waals surface area (Å²) in [4.78, 5) is 11.6. The lowest BCUT2D eigenvalue weighted by molar-refractivity contribution is -0.113. The zero-order chi connectivity index (χ0) is 13.0. The smallest absolute Gasteiger partial charge is 0.229 e. The molecule has 0 N–H and O–H groups in total. The lowest BCUT2D eigenvalue weighted by atomic mass is 9.93. The Morgan fingerprint density at radius 2 is 1.61 bits per heavy atom. The van der Waals surface area contributed by atoms with Gasteiger partial charge in [-0.25, -0.2) is 0 Å². The minimum Gasteiger partial charge on any atom is -0.281 e. The summed E-state index contributed by atoms with van der Waals surface area (Å²) in [6, 6.07) is 17.0. The standard InChI is InChI=1S/C15H12Cl2O/c16-14-9-5-4-8-12(14)10-13(15(17)18)11-6-2-1-3-7-11/h1-9,13H,10H2. The third kappa shape index (κ3) is 3.12. The van der Waals surface area contributed by atoms with Gasteiger partial charge in [0.1, 0.15) is 0 Å². The largest absolute Gasteiger partial charge is 0.281 e. The van der Waals surface area contributed by atoms with Gasteiger partial charge in [-0.2, -0.15) is 0 Å². The lowest BCUT2D eigenvalue weighted by Crippen LogP contribution is -2.10. The quantitative estimate of drug-likeness (QED) is 0.756. The molecule has 1 atom stereocenters. The summed E-state index contributed by atoms with van der Waals surface area (Å²) in [7, 11) is 0. The molecule has 3 heteroatoms. The number of hydrogen-bond acceptors (Lipinski definition) is 1. The fraction of sp³-hybridized carbons (Fsp3) is 0.133. The highest BCUT2D eigenvalue weighted by Gasteiger charge is 2.19. The summed E-state index contributed by atoms with van der Waals surface area (Å²) in [6.45, 7) is 0. The summed E-state index contributed by atoms with van der Waals surface area (Å²) in [5.74, 6) is -0.354. The van der Waals surface area contributed by atoms with Crippen molar-refractivity contribution < 1.29 is 4.79 Å². The van der Waals surface area contributed by atoms with Gasteiger partial charge in [0.25, 0.3) is 0 Å². The molecule has 0 spiro atoms. The molecule has 0 aliphatic heterocycles. The summed E-state index contributed by atoms with van der Waals surface area (Å²) in [5.41, 5.74) is 1.85. The molecule has 18 heavy (non-hydrogen) atoms. The molecule has 92 valence electrons. The van der Waals surface area contributed by atoms with Gasteiger partial charge in [-0.3, -0.25) is 4.79 Å². The lowest BCUT2D eigenvalue weighted by Gasteiger charge is -2.13. The first kappa shape index (κ1) is 13.1. The Morgan fingerprint density at radius 1 is 1.00 bits per heavy atom. The third-order valence-electron chi connectivity index (χ3n) is 2.86. The van der Waals surface area contributed by atoms with Crippen molar-refractivity contribution in [2.45, 2.75) is 12.3 Å². The van der Waals surface area contributed by atoms with Crippen LogP contribution in [0.25, 0.3) is 0 Å². The molecule has 0 aliphatic carbocycles. The van der Waals surface area contributed by atoms with E-state index in [0.717, 1.165) is 11.1 Å². The highest BCUT2D eigenvalue weighted by Crippen LogP contribution is 2.26. The average molecular weight is 279 g/mol. The number of carbonyl (C=O) groups is 1. The maximum Gasteiger partial charge on any atom is 0.229 e. The molecule has 0 saturated carbocycles. The van der Waals surface area contributed by atoms with Gasteiger partial charge >= 0.3 is 0 Å². The van der Waals surface area contributed by atoms with E-state index in [2.05, 4.69) is 0 Å². The van der Waals surface area contributed by atoms with Gasteiger partial charge in [-0.15, -0.1) is 0 Å².